The van der Waals surface area contributed by atoms with Crippen molar-refractivity contribution in [3.05, 3.63) is 47.0 Å². The maximum absolute atomic E-state index is 12.7. The first-order chi connectivity index (χ1) is 12.9. The summed E-state index contributed by atoms with van der Waals surface area (Å²) in [7, 11) is -0.0357. The molecule has 0 aliphatic carbocycles. The van der Waals surface area contributed by atoms with Crippen molar-refractivity contribution in [2.24, 2.45) is 19.1 Å². The highest BCUT2D eigenvalue weighted by Gasteiger charge is 2.29. The second-order valence-electron chi connectivity index (χ2n) is 6.61. The molecule has 1 aromatic carbocycles. The average Bonchev–Trinajstić information content (AvgIpc) is 3.36. The smallest absolute Gasteiger partial charge is 0.296 e. The van der Waals surface area contributed by atoms with E-state index in [-0.39, 0.29) is 10.6 Å². The van der Waals surface area contributed by atoms with Crippen LogP contribution in [0.1, 0.15) is 23.3 Å². The number of carbonyl (C=O) groups excluding carboxylic acids is 1. The van der Waals surface area contributed by atoms with Crippen molar-refractivity contribution in [1.29, 1.82) is 0 Å². The fourth-order valence-electron chi connectivity index (χ4n) is 3.30. The Morgan fingerprint density at radius 1 is 1.15 bits per heavy atom. The minimum absolute atomic E-state index is 0.145. The van der Waals surface area contributed by atoms with Crippen molar-refractivity contribution in [1.82, 2.24) is 13.4 Å². The summed E-state index contributed by atoms with van der Waals surface area (Å²) in [5.74, 6) is -0.456. The zero-order valence-corrected chi connectivity index (χ0v) is 16.8. The summed E-state index contributed by atoms with van der Waals surface area (Å²) < 4.78 is 31.3. The summed E-state index contributed by atoms with van der Waals surface area (Å²) in [4.78, 5) is 17.7. The van der Waals surface area contributed by atoms with Crippen LogP contribution in [0.15, 0.2) is 46.4 Å². The normalized spacial score (nSPS) is 16.4. The molecule has 4 rings (SSSR count). The van der Waals surface area contributed by atoms with Crippen molar-refractivity contribution in [3.63, 3.8) is 0 Å². The molecule has 1 fully saturated rings. The van der Waals surface area contributed by atoms with E-state index in [1.54, 1.807) is 7.05 Å². The largest absolute Gasteiger partial charge is 0.345 e. The summed E-state index contributed by atoms with van der Waals surface area (Å²) in [5, 5.41) is 0. The summed E-state index contributed by atoms with van der Waals surface area (Å²) in [6.07, 6.45) is 3.23. The summed E-state index contributed by atoms with van der Waals surface area (Å²) in [5.41, 5.74) is 1.25. The molecule has 3 aromatic rings. The molecule has 27 heavy (non-hydrogen) atoms. The molecular formula is C18H20N4O3S2. The van der Waals surface area contributed by atoms with Crippen molar-refractivity contribution in [2.75, 3.05) is 13.1 Å². The molecular weight excluding hydrogens is 384 g/mol. The number of benzene rings is 1. The average molecular weight is 405 g/mol. The van der Waals surface area contributed by atoms with E-state index < -0.39 is 15.9 Å². The number of aryl methyl sites for hydroxylation is 2. The molecule has 0 saturated carbocycles. The third-order valence-electron chi connectivity index (χ3n) is 4.81. The quantitative estimate of drug-likeness (QED) is 0.671. The Hall–Kier alpha value is -2.23. The van der Waals surface area contributed by atoms with Gasteiger partial charge in [0.05, 0.1) is 10.2 Å². The Balaban J connectivity index is 1.72. The second-order valence-corrected chi connectivity index (χ2v) is 9.56. The van der Waals surface area contributed by atoms with Gasteiger partial charge in [0.2, 0.25) is 10.0 Å². The van der Waals surface area contributed by atoms with Crippen LogP contribution < -0.4 is 4.80 Å². The third kappa shape index (κ3) is 3.15. The first-order valence-electron chi connectivity index (χ1n) is 8.68. The molecule has 1 amide bonds. The molecule has 0 radical (unpaired) electrons. The van der Waals surface area contributed by atoms with Gasteiger partial charge in [0.1, 0.15) is 10.6 Å². The second kappa shape index (κ2) is 6.74. The van der Waals surface area contributed by atoms with Crippen LogP contribution in [0.25, 0.3) is 10.2 Å². The Kier molecular flexibility index (Phi) is 4.53. The number of fused-ring (bicyclic) bond motifs is 1. The molecule has 0 N–H and O–H groups in total. The summed E-state index contributed by atoms with van der Waals surface area (Å²) in [6.45, 7) is 1.06. The van der Waals surface area contributed by atoms with Crippen LogP contribution in [-0.2, 0) is 24.1 Å². The van der Waals surface area contributed by atoms with Crippen molar-refractivity contribution >= 4 is 37.5 Å². The van der Waals surface area contributed by atoms with E-state index in [0.717, 1.165) is 23.1 Å². The first-order valence-corrected chi connectivity index (χ1v) is 10.9. The van der Waals surface area contributed by atoms with Crippen molar-refractivity contribution in [3.8, 4) is 0 Å². The molecule has 2 aromatic heterocycles. The number of para-hydroxylation sites is 1. The summed E-state index contributed by atoms with van der Waals surface area (Å²) >= 11 is 1.43. The Morgan fingerprint density at radius 3 is 2.56 bits per heavy atom. The maximum Gasteiger partial charge on any atom is 0.296 e. The van der Waals surface area contributed by atoms with Crippen molar-refractivity contribution in [2.45, 2.75) is 17.7 Å². The lowest BCUT2D eigenvalue weighted by Gasteiger charge is -2.13. The molecule has 0 bridgehead atoms. The van der Waals surface area contributed by atoms with Crippen LogP contribution in [-0.4, -0.2) is 40.9 Å². The van der Waals surface area contributed by atoms with Gasteiger partial charge in [-0.25, -0.2) is 8.42 Å². The molecule has 142 valence electrons. The highest BCUT2D eigenvalue weighted by Crippen LogP contribution is 2.23. The van der Waals surface area contributed by atoms with Gasteiger partial charge in [-0.2, -0.15) is 9.30 Å². The molecule has 3 heterocycles. The zero-order valence-electron chi connectivity index (χ0n) is 15.1. The Bertz CT molecular complexity index is 1190. The van der Waals surface area contributed by atoms with Crippen LogP contribution in [0.5, 0.6) is 0 Å². The lowest BCUT2D eigenvalue weighted by Crippen LogP contribution is -2.27. The van der Waals surface area contributed by atoms with Crippen LogP contribution in [0.3, 0.4) is 0 Å². The van der Waals surface area contributed by atoms with Crippen LogP contribution in [0.2, 0.25) is 0 Å². The minimum Gasteiger partial charge on any atom is -0.345 e. The highest BCUT2D eigenvalue weighted by atomic mass is 32.2. The number of carbonyl (C=O) groups is 1. The molecule has 7 nitrogen and oxygen atoms in total. The van der Waals surface area contributed by atoms with Gasteiger partial charge >= 0.3 is 0 Å². The van der Waals surface area contributed by atoms with Gasteiger partial charge in [0, 0.05) is 33.4 Å². The highest BCUT2D eigenvalue weighted by molar-refractivity contribution is 7.89. The van der Waals surface area contributed by atoms with E-state index >= 15 is 0 Å². The number of hydrogen-bond acceptors (Lipinski definition) is 4. The SMILES string of the molecule is Cn1cc(S(=O)(=O)N2CCCC2)cc1C(=O)N=c1sc2ccccc2n1C. The number of amides is 1. The topological polar surface area (TPSA) is 76.7 Å². The fourth-order valence-corrected chi connectivity index (χ4v) is 5.90. The number of nitrogens with zero attached hydrogens (tertiary/aromatic N) is 4. The van der Waals surface area contributed by atoms with Gasteiger partial charge in [-0.1, -0.05) is 23.5 Å². The Labute approximate surface area is 161 Å². The maximum atomic E-state index is 12.7. The molecule has 0 atom stereocenters. The van der Waals surface area contributed by atoms with Gasteiger partial charge in [-0.15, -0.1) is 0 Å². The van der Waals surface area contributed by atoms with E-state index in [1.807, 2.05) is 35.9 Å². The van der Waals surface area contributed by atoms with Gasteiger partial charge in [0.15, 0.2) is 4.80 Å². The molecule has 0 spiro atoms. The first kappa shape index (κ1) is 18.1. The van der Waals surface area contributed by atoms with Crippen LogP contribution in [0.4, 0.5) is 0 Å². The minimum atomic E-state index is -3.56. The number of sulfonamides is 1. The monoisotopic (exact) mass is 404 g/mol. The fraction of sp³-hybridized carbons (Fsp3) is 0.333. The number of aromatic nitrogens is 2. The van der Waals surface area contributed by atoms with Crippen LogP contribution in [0, 0.1) is 0 Å². The van der Waals surface area contributed by atoms with Gasteiger partial charge in [-0.05, 0) is 31.0 Å². The van der Waals surface area contributed by atoms with Crippen molar-refractivity contribution < 1.29 is 13.2 Å². The molecule has 9 heteroatoms. The van der Waals surface area contributed by atoms with Gasteiger partial charge in [-0.3, -0.25) is 4.79 Å². The lowest BCUT2D eigenvalue weighted by atomic mass is 10.3. The van der Waals surface area contributed by atoms with Gasteiger partial charge in [0.25, 0.3) is 5.91 Å². The number of hydrogen-bond donors (Lipinski definition) is 0. The van der Waals surface area contributed by atoms with E-state index in [9.17, 15) is 13.2 Å². The zero-order chi connectivity index (χ0) is 19.2. The van der Waals surface area contributed by atoms with E-state index in [2.05, 4.69) is 4.99 Å². The Morgan fingerprint density at radius 2 is 1.85 bits per heavy atom. The number of thiazole rings is 1. The summed E-state index contributed by atoms with van der Waals surface area (Å²) in [6, 6.07) is 9.25. The predicted molar refractivity (Wildman–Crippen MR) is 104 cm³/mol. The molecule has 0 unspecified atom stereocenters. The molecule has 1 aliphatic heterocycles. The number of rotatable bonds is 3. The van der Waals surface area contributed by atoms with E-state index in [1.165, 1.54) is 32.5 Å². The predicted octanol–water partition coefficient (Wildman–Crippen LogP) is 2.10. The third-order valence-corrected chi connectivity index (χ3v) is 7.79. The van der Waals surface area contributed by atoms with Crippen LogP contribution >= 0.6 is 11.3 Å². The lowest BCUT2D eigenvalue weighted by molar-refractivity contribution is 0.0990. The molecule has 1 aliphatic rings. The van der Waals surface area contributed by atoms with E-state index in [4.69, 9.17) is 0 Å². The molecule has 1 saturated heterocycles. The standard InChI is InChI=1S/C18H20N4O3S2/c1-20-12-13(27(24,25)22-9-5-6-10-22)11-15(20)17(23)19-18-21(2)14-7-3-4-8-16(14)26-18/h3-4,7-8,11-12H,5-6,9-10H2,1-2H3. The van der Waals surface area contributed by atoms with Gasteiger partial charge < -0.3 is 9.13 Å². The van der Waals surface area contributed by atoms with E-state index in [0.29, 0.717) is 17.9 Å².